The summed E-state index contributed by atoms with van der Waals surface area (Å²) in [6, 6.07) is 14.6. The lowest BCUT2D eigenvalue weighted by Gasteiger charge is -2.25. The number of sulfonamides is 1. The summed E-state index contributed by atoms with van der Waals surface area (Å²) >= 11 is 7.44. The third kappa shape index (κ3) is 3.30. The summed E-state index contributed by atoms with van der Waals surface area (Å²) in [4.78, 5) is 6.02. The van der Waals surface area contributed by atoms with Crippen LogP contribution in [0, 0.1) is 6.92 Å². The first-order chi connectivity index (χ1) is 12.4. The Balaban J connectivity index is 1.61. The molecule has 0 aliphatic carbocycles. The summed E-state index contributed by atoms with van der Waals surface area (Å²) in [5, 5.41) is 1.47. The largest absolute Gasteiger partial charge is 0.243 e. The van der Waals surface area contributed by atoms with E-state index < -0.39 is 10.0 Å². The molecule has 4 nitrogen and oxygen atoms in total. The third-order valence-electron chi connectivity index (χ3n) is 4.45. The van der Waals surface area contributed by atoms with Crippen molar-refractivity contribution >= 4 is 33.0 Å². The molecule has 7 heteroatoms. The van der Waals surface area contributed by atoms with Gasteiger partial charge in [-0.25, -0.2) is 13.4 Å². The van der Waals surface area contributed by atoms with Crippen molar-refractivity contribution in [3.05, 3.63) is 69.7 Å². The maximum absolute atomic E-state index is 12.9. The van der Waals surface area contributed by atoms with Gasteiger partial charge in [-0.1, -0.05) is 41.4 Å². The Kier molecular flexibility index (Phi) is 4.61. The molecule has 2 aromatic carbocycles. The quantitative estimate of drug-likeness (QED) is 0.644. The summed E-state index contributed by atoms with van der Waals surface area (Å²) in [5.74, 6) is 0. The van der Waals surface area contributed by atoms with E-state index in [0.717, 1.165) is 21.1 Å². The van der Waals surface area contributed by atoms with Gasteiger partial charge in [-0.15, -0.1) is 11.3 Å². The van der Waals surface area contributed by atoms with Crippen molar-refractivity contribution in [3.8, 4) is 10.6 Å². The summed E-state index contributed by atoms with van der Waals surface area (Å²) in [6.07, 6.45) is 0.629. The van der Waals surface area contributed by atoms with Gasteiger partial charge in [0.05, 0.1) is 17.1 Å². The predicted octanol–water partition coefficient (Wildman–Crippen LogP) is 4.52. The standard InChI is InChI=1S/C19H17ClN2O2S2/c1-13-2-4-14(5-3-13)19-21-17-10-11-22(12-18(17)25-19)26(23,24)16-8-6-15(20)7-9-16/h2-9H,10-12H2,1H3. The van der Waals surface area contributed by atoms with Gasteiger partial charge in [0.1, 0.15) is 5.01 Å². The summed E-state index contributed by atoms with van der Waals surface area (Å²) < 4.78 is 27.3. The monoisotopic (exact) mass is 404 g/mol. The van der Waals surface area contributed by atoms with Crippen molar-refractivity contribution in [3.63, 3.8) is 0 Å². The van der Waals surface area contributed by atoms with E-state index in [0.29, 0.717) is 24.5 Å². The van der Waals surface area contributed by atoms with Crippen LogP contribution in [-0.2, 0) is 23.0 Å². The molecule has 0 unspecified atom stereocenters. The second kappa shape index (κ2) is 6.78. The van der Waals surface area contributed by atoms with Crippen molar-refractivity contribution in [1.29, 1.82) is 0 Å². The van der Waals surface area contributed by atoms with Gasteiger partial charge in [-0.2, -0.15) is 4.31 Å². The third-order valence-corrected chi connectivity index (χ3v) is 7.69. The molecule has 134 valence electrons. The van der Waals surface area contributed by atoms with Crippen LogP contribution in [0.5, 0.6) is 0 Å². The number of thiazole rings is 1. The number of fused-ring (bicyclic) bond motifs is 1. The van der Waals surface area contributed by atoms with E-state index in [1.165, 1.54) is 9.87 Å². The Morgan fingerprint density at radius 3 is 2.46 bits per heavy atom. The zero-order valence-corrected chi connectivity index (χ0v) is 16.5. The van der Waals surface area contributed by atoms with Crippen molar-refractivity contribution in [1.82, 2.24) is 9.29 Å². The molecule has 0 atom stereocenters. The number of benzene rings is 2. The molecular formula is C19H17ClN2O2S2. The second-order valence-corrected chi connectivity index (χ2v) is 9.76. The van der Waals surface area contributed by atoms with Crippen LogP contribution in [-0.4, -0.2) is 24.3 Å². The first kappa shape index (κ1) is 17.7. The normalized spacial score (nSPS) is 15.0. The van der Waals surface area contributed by atoms with Gasteiger partial charge in [0.15, 0.2) is 0 Å². The number of aromatic nitrogens is 1. The molecule has 0 radical (unpaired) electrons. The lowest BCUT2D eigenvalue weighted by molar-refractivity contribution is 0.393. The summed E-state index contributed by atoms with van der Waals surface area (Å²) in [5.41, 5.74) is 3.28. The molecule has 0 N–H and O–H groups in total. The fourth-order valence-corrected chi connectivity index (χ4v) is 5.70. The maximum Gasteiger partial charge on any atom is 0.243 e. The molecule has 0 saturated heterocycles. The van der Waals surface area contributed by atoms with Crippen LogP contribution >= 0.6 is 22.9 Å². The molecule has 1 aliphatic rings. The highest BCUT2D eigenvalue weighted by Crippen LogP contribution is 2.33. The molecule has 26 heavy (non-hydrogen) atoms. The van der Waals surface area contributed by atoms with Gasteiger partial charge in [0.2, 0.25) is 10.0 Å². The van der Waals surface area contributed by atoms with Gasteiger partial charge >= 0.3 is 0 Å². The molecule has 2 heterocycles. The zero-order chi connectivity index (χ0) is 18.3. The Bertz CT molecular complexity index is 1040. The van der Waals surface area contributed by atoms with Crippen molar-refractivity contribution in [2.24, 2.45) is 0 Å². The molecule has 0 bridgehead atoms. The Morgan fingerprint density at radius 2 is 1.77 bits per heavy atom. The summed E-state index contributed by atoms with van der Waals surface area (Å²) in [7, 11) is -3.53. The van der Waals surface area contributed by atoms with Crippen LogP contribution < -0.4 is 0 Å². The van der Waals surface area contributed by atoms with E-state index in [-0.39, 0.29) is 4.90 Å². The first-order valence-corrected chi connectivity index (χ1v) is 10.9. The first-order valence-electron chi connectivity index (χ1n) is 8.25. The van der Waals surface area contributed by atoms with Gasteiger partial charge in [0.25, 0.3) is 0 Å². The predicted molar refractivity (Wildman–Crippen MR) is 105 cm³/mol. The Morgan fingerprint density at radius 1 is 1.08 bits per heavy atom. The average Bonchev–Trinajstić information content (AvgIpc) is 3.06. The molecule has 0 fully saturated rings. The van der Waals surface area contributed by atoms with E-state index in [4.69, 9.17) is 16.6 Å². The number of rotatable bonds is 3. The molecule has 1 aromatic heterocycles. The lowest BCUT2D eigenvalue weighted by Crippen LogP contribution is -2.35. The Labute approximate surface area is 162 Å². The van der Waals surface area contributed by atoms with Crippen LogP contribution in [0.3, 0.4) is 0 Å². The molecule has 4 rings (SSSR count). The van der Waals surface area contributed by atoms with E-state index in [1.807, 2.05) is 0 Å². The molecule has 0 amide bonds. The van der Waals surface area contributed by atoms with Gasteiger partial charge < -0.3 is 0 Å². The summed E-state index contributed by atoms with van der Waals surface area (Å²) in [6.45, 7) is 2.86. The average molecular weight is 405 g/mol. The van der Waals surface area contributed by atoms with Gasteiger partial charge in [-0.05, 0) is 31.2 Å². The van der Waals surface area contributed by atoms with Gasteiger partial charge in [-0.3, -0.25) is 0 Å². The number of nitrogens with zero attached hydrogens (tertiary/aromatic N) is 2. The van der Waals surface area contributed by atoms with Gasteiger partial charge in [0, 0.05) is 28.4 Å². The van der Waals surface area contributed by atoms with E-state index >= 15 is 0 Å². The molecular weight excluding hydrogens is 388 g/mol. The number of aryl methyl sites for hydroxylation is 1. The highest BCUT2D eigenvalue weighted by atomic mass is 35.5. The van der Waals surface area contributed by atoms with Crippen molar-refractivity contribution in [2.45, 2.75) is 24.8 Å². The lowest BCUT2D eigenvalue weighted by atomic mass is 10.1. The van der Waals surface area contributed by atoms with Crippen LogP contribution in [0.1, 0.15) is 16.1 Å². The molecule has 0 saturated carbocycles. The van der Waals surface area contributed by atoms with Crippen LogP contribution in [0.2, 0.25) is 5.02 Å². The molecule has 3 aromatic rings. The number of hydrogen-bond donors (Lipinski definition) is 0. The van der Waals surface area contributed by atoms with Crippen LogP contribution in [0.15, 0.2) is 53.4 Å². The molecule has 1 aliphatic heterocycles. The molecule has 0 spiro atoms. The minimum atomic E-state index is -3.53. The minimum Gasteiger partial charge on any atom is -0.241 e. The van der Waals surface area contributed by atoms with E-state index in [9.17, 15) is 8.42 Å². The highest BCUT2D eigenvalue weighted by Gasteiger charge is 2.30. The van der Waals surface area contributed by atoms with E-state index in [2.05, 4.69) is 31.2 Å². The van der Waals surface area contributed by atoms with E-state index in [1.54, 1.807) is 35.6 Å². The fourth-order valence-electron chi connectivity index (χ4n) is 2.95. The minimum absolute atomic E-state index is 0.272. The number of halogens is 1. The van der Waals surface area contributed by atoms with Crippen molar-refractivity contribution < 1.29 is 8.42 Å². The van der Waals surface area contributed by atoms with Crippen molar-refractivity contribution in [2.75, 3.05) is 6.54 Å². The highest BCUT2D eigenvalue weighted by molar-refractivity contribution is 7.89. The topological polar surface area (TPSA) is 50.3 Å². The Hall–Kier alpha value is -1.73. The van der Waals surface area contributed by atoms with Crippen LogP contribution in [0.25, 0.3) is 10.6 Å². The zero-order valence-electron chi connectivity index (χ0n) is 14.1. The smallest absolute Gasteiger partial charge is 0.241 e. The fraction of sp³-hybridized carbons (Fsp3) is 0.211. The SMILES string of the molecule is Cc1ccc(-c2nc3c(s2)CN(S(=O)(=O)c2ccc(Cl)cc2)CC3)cc1. The second-order valence-electron chi connectivity index (χ2n) is 6.30. The van der Waals surface area contributed by atoms with Crippen LogP contribution in [0.4, 0.5) is 0 Å². The maximum atomic E-state index is 12.9. The number of hydrogen-bond acceptors (Lipinski definition) is 4.